The number of nitrogens with zero attached hydrogens (tertiary/aromatic N) is 3. The predicted molar refractivity (Wildman–Crippen MR) is 85.6 cm³/mol. The van der Waals surface area contributed by atoms with Crippen LogP contribution in [0.5, 0.6) is 0 Å². The Bertz CT molecular complexity index is 729. The molecule has 2 heterocycles. The molecule has 0 saturated carbocycles. The first-order chi connectivity index (χ1) is 11.5. The number of ether oxygens (including phenoxy) is 1. The smallest absolute Gasteiger partial charge is 0.257 e. The van der Waals surface area contributed by atoms with E-state index in [1.807, 2.05) is 6.92 Å². The van der Waals surface area contributed by atoms with Crippen LogP contribution in [0, 0.1) is 12.7 Å². The van der Waals surface area contributed by atoms with E-state index in [0.29, 0.717) is 30.1 Å². The van der Waals surface area contributed by atoms with E-state index in [-0.39, 0.29) is 30.5 Å². The third-order valence-corrected chi connectivity index (χ3v) is 4.28. The van der Waals surface area contributed by atoms with Crippen molar-refractivity contribution < 1.29 is 19.0 Å². The summed E-state index contributed by atoms with van der Waals surface area (Å²) in [6.07, 6.45) is 1.16. The lowest BCUT2D eigenvalue weighted by Crippen LogP contribution is -2.52. The molecule has 2 unspecified atom stereocenters. The van der Waals surface area contributed by atoms with Crippen molar-refractivity contribution in [3.8, 4) is 5.69 Å². The van der Waals surface area contributed by atoms with Crippen LogP contribution in [0.3, 0.4) is 0 Å². The summed E-state index contributed by atoms with van der Waals surface area (Å²) in [4.78, 5) is 14.6. The molecule has 0 aliphatic carbocycles. The number of carbonyl (C=O) groups excluding carboxylic acids is 1. The molecular formula is C17H20FN3O3. The molecular weight excluding hydrogens is 313 g/mol. The molecule has 1 aliphatic heterocycles. The Morgan fingerprint density at radius 1 is 1.42 bits per heavy atom. The van der Waals surface area contributed by atoms with Crippen molar-refractivity contribution in [2.24, 2.45) is 0 Å². The summed E-state index contributed by atoms with van der Waals surface area (Å²) in [5.74, 6) is -0.466. The molecule has 6 nitrogen and oxygen atoms in total. The third-order valence-electron chi connectivity index (χ3n) is 4.28. The van der Waals surface area contributed by atoms with E-state index in [1.165, 1.54) is 18.3 Å². The van der Waals surface area contributed by atoms with Crippen LogP contribution in [0.4, 0.5) is 4.39 Å². The summed E-state index contributed by atoms with van der Waals surface area (Å²) in [6, 6.07) is 5.86. The van der Waals surface area contributed by atoms with Crippen molar-refractivity contribution in [3.63, 3.8) is 0 Å². The van der Waals surface area contributed by atoms with E-state index in [9.17, 15) is 14.3 Å². The van der Waals surface area contributed by atoms with E-state index in [1.54, 1.807) is 28.6 Å². The van der Waals surface area contributed by atoms with Crippen LogP contribution in [-0.2, 0) is 4.74 Å². The van der Waals surface area contributed by atoms with Crippen molar-refractivity contribution >= 4 is 5.91 Å². The molecule has 0 bridgehead atoms. The van der Waals surface area contributed by atoms with Gasteiger partial charge in [0.05, 0.1) is 48.5 Å². The highest BCUT2D eigenvalue weighted by Gasteiger charge is 2.31. The number of carbonyl (C=O) groups is 1. The van der Waals surface area contributed by atoms with Gasteiger partial charge in [-0.1, -0.05) is 0 Å². The molecule has 1 saturated heterocycles. The highest BCUT2D eigenvalue weighted by atomic mass is 19.1. The summed E-state index contributed by atoms with van der Waals surface area (Å²) in [5.41, 5.74) is 1.87. The highest BCUT2D eigenvalue weighted by Crippen LogP contribution is 2.20. The number of hydrogen-bond donors (Lipinski definition) is 1. The summed E-state index contributed by atoms with van der Waals surface area (Å²) in [5, 5.41) is 13.5. The van der Waals surface area contributed by atoms with Gasteiger partial charge >= 0.3 is 0 Å². The number of aliphatic hydroxyl groups excluding tert-OH is 1. The fourth-order valence-electron chi connectivity index (χ4n) is 2.83. The minimum absolute atomic E-state index is 0.0751. The molecule has 7 heteroatoms. The molecule has 128 valence electrons. The van der Waals surface area contributed by atoms with Crippen molar-refractivity contribution in [3.05, 3.63) is 47.5 Å². The molecule has 24 heavy (non-hydrogen) atoms. The summed E-state index contributed by atoms with van der Waals surface area (Å²) >= 11 is 0. The lowest BCUT2D eigenvalue weighted by molar-refractivity contribution is -0.0667. The summed E-state index contributed by atoms with van der Waals surface area (Å²) < 4.78 is 20.2. The van der Waals surface area contributed by atoms with E-state index < -0.39 is 0 Å². The molecule has 2 atom stereocenters. The monoisotopic (exact) mass is 333 g/mol. The second kappa shape index (κ2) is 6.70. The maximum Gasteiger partial charge on any atom is 0.257 e. The normalized spacial score (nSPS) is 21.1. The molecule has 1 amide bonds. The maximum absolute atomic E-state index is 13.1. The van der Waals surface area contributed by atoms with E-state index in [4.69, 9.17) is 4.74 Å². The van der Waals surface area contributed by atoms with Gasteiger partial charge in [-0.05, 0) is 38.1 Å². The molecule has 0 spiro atoms. The molecule has 1 aromatic heterocycles. The number of halogens is 1. The third kappa shape index (κ3) is 3.05. The fourth-order valence-corrected chi connectivity index (χ4v) is 2.83. The van der Waals surface area contributed by atoms with Gasteiger partial charge in [0.1, 0.15) is 5.82 Å². The number of aliphatic hydroxyl groups is 1. The van der Waals surface area contributed by atoms with Crippen molar-refractivity contribution in [1.29, 1.82) is 0 Å². The highest BCUT2D eigenvalue weighted by molar-refractivity contribution is 5.95. The average Bonchev–Trinajstić information content (AvgIpc) is 2.97. The van der Waals surface area contributed by atoms with Gasteiger partial charge in [-0.2, -0.15) is 5.10 Å². The van der Waals surface area contributed by atoms with Crippen molar-refractivity contribution in [2.75, 3.05) is 19.8 Å². The first kappa shape index (κ1) is 16.6. The predicted octanol–water partition coefficient (Wildman–Crippen LogP) is 1.54. The number of benzene rings is 1. The van der Waals surface area contributed by atoms with Gasteiger partial charge in [-0.25, -0.2) is 9.07 Å². The first-order valence-corrected chi connectivity index (χ1v) is 7.85. The zero-order valence-corrected chi connectivity index (χ0v) is 13.6. The van der Waals surface area contributed by atoms with Crippen LogP contribution >= 0.6 is 0 Å². The Morgan fingerprint density at radius 2 is 2.12 bits per heavy atom. The molecule has 0 radical (unpaired) electrons. The van der Waals surface area contributed by atoms with Gasteiger partial charge in [0.25, 0.3) is 5.91 Å². The molecule has 2 aromatic rings. The fraction of sp³-hybridized carbons (Fsp3) is 0.412. The number of rotatable bonds is 3. The zero-order valence-electron chi connectivity index (χ0n) is 13.6. The van der Waals surface area contributed by atoms with Gasteiger partial charge < -0.3 is 14.7 Å². The summed E-state index contributed by atoms with van der Waals surface area (Å²) in [7, 11) is 0. The molecule has 3 rings (SSSR count). The van der Waals surface area contributed by atoms with Gasteiger partial charge in [0.15, 0.2) is 0 Å². The van der Waals surface area contributed by atoms with Gasteiger partial charge in [0, 0.05) is 6.54 Å². The van der Waals surface area contributed by atoms with Gasteiger partial charge in [0.2, 0.25) is 0 Å². The largest absolute Gasteiger partial charge is 0.394 e. The zero-order chi connectivity index (χ0) is 17.3. The van der Waals surface area contributed by atoms with E-state index in [0.717, 1.165) is 0 Å². The minimum Gasteiger partial charge on any atom is -0.394 e. The van der Waals surface area contributed by atoms with Gasteiger partial charge in [-0.3, -0.25) is 4.79 Å². The molecule has 1 aromatic carbocycles. The quantitative estimate of drug-likeness (QED) is 0.925. The minimum atomic E-state index is -0.363. The van der Waals surface area contributed by atoms with Crippen molar-refractivity contribution in [2.45, 2.75) is 26.0 Å². The number of morpholine rings is 1. The number of hydrogen-bond acceptors (Lipinski definition) is 4. The topological polar surface area (TPSA) is 67.6 Å². The number of amides is 1. The standard InChI is InChI=1S/C17H20FN3O3/c1-11-10-24-15(9-22)8-20(11)17(23)16-7-19-21(12(16)2)14-5-3-13(18)4-6-14/h3-7,11,15,22H,8-10H2,1-2H3. The average molecular weight is 333 g/mol. The van der Waals surface area contributed by atoms with Crippen LogP contribution in [-0.4, -0.2) is 57.6 Å². The lowest BCUT2D eigenvalue weighted by atomic mass is 10.1. The SMILES string of the molecule is Cc1c(C(=O)N2CC(CO)OCC2C)cnn1-c1ccc(F)cc1. The van der Waals surface area contributed by atoms with Crippen LogP contribution in [0.25, 0.3) is 5.69 Å². The van der Waals surface area contributed by atoms with Crippen LogP contribution in [0.15, 0.2) is 30.5 Å². The van der Waals surface area contributed by atoms with Crippen LogP contribution in [0.1, 0.15) is 23.0 Å². The van der Waals surface area contributed by atoms with Crippen molar-refractivity contribution in [1.82, 2.24) is 14.7 Å². The maximum atomic E-state index is 13.1. The number of aromatic nitrogens is 2. The Balaban J connectivity index is 1.87. The molecule has 1 fully saturated rings. The molecule has 1 aliphatic rings. The Hall–Kier alpha value is -2.25. The van der Waals surface area contributed by atoms with Crippen LogP contribution in [0.2, 0.25) is 0 Å². The lowest BCUT2D eigenvalue weighted by Gasteiger charge is -2.37. The van der Waals surface area contributed by atoms with Crippen LogP contribution < -0.4 is 0 Å². The second-order valence-corrected chi connectivity index (χ2v) is 5.98. The Labute approximate surface area is 139 Å². The Morgan fingerprint density at radius 3 is 2.79 bits per heavy atom. The molecule has 1 N–H and O–H groups in total. The van der Waals surface area contributed by atoms with E-state index in [2.05, 4.69) is 5.10 Å². The second-order valence-electron chi connectivity index (χ2n) is 5.98. The van der Waals surface area contributed by atoms with Gasteiger partial charge in [-0.15, -0.1) is 0 Å². The Kier molecular flexibility index (Phi) is 4.64. The summed E-state index contributed by atoms with van der Waals surface area (Å²) in [6.45, 7) is 4.33. The first-order valence-electron chi connectivity index (χ1n) is 7.85. The van der Waals surface area contributed by atoms with E-state index >= 15 is 0 Å².